The summed E-state index contributed by atoms with van der Waals surface area (Å²) in [5.41, 5.74) is 0.707. The number of piperidine rings is 1. The van der Waals surface area contributed by atoms with E-state index >= 15 is 0 Å². The van der Waals surface area contributed by atoms with Crippen LogP contribution in [0.4, 0.5) is 0 Å². The van der Waals surface area contributed by atoms with Crippen LogP contribution in [0.2, 0.25) is 0 Å². The molecule has 0 bridgehead atoms. The third-order valence-electron chi connectivity index (χ3n) is 3.37. The highest BCUT2D eigenvalue weighted by molar-refractivity contribution is 5.32. The maximum absolute atomic E-state index is 11.9. The first-order chi connectivity index (χ1) is 8.86. The van der Waals surface area contributed by atoms with Crippen LogP contribution in [-0.2, 0) is 0 Å². The van der Waals surface area contributed by atoms with Crippen LogP contribution in [0, 0.1) is 0 Å². The molecule has 1 aromatic heterocycles. The quantitative estimate of drug-likeness (QED) is 0.829. The molecular weight excluding hydrogens is 228 g/mol. The van der Waals surface area contributed by atoms with Gasteiger partial charge in [0.25, 0.3) is 0 Å². The molecule has 1 saturated heterocycles. The fraction of sp³-hybridized carbons (Fsp3) is 0.385. The van der Waals surface area contributed by atoms with Gasteiger partial charge < -0.3 is 5.32 Å². The molecule has 2 heterocycles. The van der Waals surface area contributed by atoms with Crippen molar-refractivity contribution in [2.24, 2.45) is 0 Å². The van der Waals surface area contributed by atoms with Crippen LogP contribution >= 0.6 is 0 Å². The Balaban J connectivity index is 2.04. The topological polar surface area (TPSA) is 62.7 Å². The Hall–Kier alpha value is -1.88. The van der Waals surface area contributed by atoms with Crippen LogP contribution < -0.4 is 11.0 Å². The van der Waals surface area contributed by atoms with Gasteiger partial charge in [0.05, 0.1) is 5.69 Å². The molecule has 2 aromatic rings. The molecule has 0 amide bonds. The number of nitrogens with zero attached hydrogens (tertiary/aromatic N) is 2. The Morgan fingerprint density at radius 2 is 2.11 bits per heavy atom. The first-order valence-electron chi connectivity index (χ1n) is 6.30. The summed E-state index contributed by atoms with van der Waals surface area (Å²) in [6.07, 6.45) is 2.20. The molecule has 5 nitrogen and oxygen atoms in total. The van der Waals surface area contributed by atoms with Crippen molar-refractivity contribution in [2.45, 2.75) is 18.8 Å². The standard InChI is InChI=1S/C13H16N4O/c18-13-16-15-12(10-5-4-8-14-9-10)17(13)11-6-2-1-3-7-11/h1-3,6-7,10,14H,4-5,8-9H2,(H,16,18). The van der Waals surface area contributed by atoms with Crippen molar-refractivity contribution in [1.82, 2.24) is 20.1 Å². The lowest BCUT2D eigenvalue weighted by molar-refractivity contribution is 0.442. The fourth-order valence-corrected chi connectivity index (χ4v) is 2.48. The van der Waals surface area contributed by atoms with Crippen molar-refractivity contribution in [3.05, 3.63) is 46.6 Å². The SMILES string of the molecule is O=c1[nH]nc(C2CCCNC2)n1-c1ccccc1. The van der Waals surface area contributed by atoms with Crippen LogP contribution in [0.25, 0.3) is 5.69 Å². The first kappa shape index (κ1) is 11.2. The number of aromatic amines is 1. The number of hydrogen-bond acceptors (Lipinski definition) is 3. The van der Waals surface area contributed by atoms with E-state index in [1.807, 2.05) is 30.3 Å². The largest absolute Gasteiger partial charge is 0.347 e. The first-order valence-corrected chi connectivity index (χ1v) is 6.30. The minimum atomic E-state index is -0.165. The van der Waals surface area contributed by atoms with E-state index in [0.717, 1.165) is 37.4 Å². The predicted octanol–water partition coefficient (Wildman–Crippen LogP) is 1.03. The molecule has 1 atom stereocenters. The predicted molar refractivity (Wildman–Crippen MR) is 69.0 cm³/mol. The Labute approximate surface area is 105 Å². The molecular formula is C13H16N4O. The van der Waals surface area contributed by atoms with E-state index in [9.17, 15) is 4.79 Å². The molecule has 1 aromatic carbocycles. The van der Waals surface area contributed by atoms with Gasteiger partial charge in [-0.3, -0.25) is 0 Å². The molecule has 1 unspecified atom stereocenters. The van der Waals surface area contributed by atoms with Gasteiger partial charge in [-0.2, -0.15) is 5.10 Å². The lowest BCUT2D eigenvalue weighted by Crippen LogP contribution is -2.31. The number of hydrogen-bond donors (Lipinski definition) is 2. The number of benzene rings is 1. The third kappa shape index (κ3) is 1.97. The molecule has 0 saturated carbocycles. The minimum Gasteiger partial charge on any atom is -0.316 e. The van der Waals surface area contributed by atoms with E-state index < -0.39 is 0 Å². The highest BCUT2D eigenvalue weighted by Crippen LogP contribution is 2.22. The summed E-state index contributed by atoms with van der Waals surface area (Å²) in [5.74, 6) is 1.14. The van der Waals surface area contributed by atoms with Crippen LogP contribution in [-0.4, -0.2) is 27.9 Å². The molecule has 1 aliphatic heterocycles. The Morgan fingerprint density at radius 1 is 1.28 bits per heavy atom. The number of aromatic nitrogens is 3. The molecule has 18 heavy (non-hydrogen) atoms. The average Bonchev–Trinajstić information content (AvgIpc) is 2.83. The molecule has 94 valence electrons. The van der Waals surface area contributed by atoms with Crippen LogP contribution in [0.1, 0.15) is 24.6 Å². The van der Waals surface area contributed by atoms with Crippen molar-refractivity contribution in [1.29, 1.82) is 0 Å². The molecule has 2 N–H and O–H groups in total. The van der Waals surface area contributed by atoms with Crippen molar-refractivity contribution in [3.8, 4) is 5.69 Å². The number of rotatable bonds is 2. The van der Waals surface area contributed by atoms with Crippen molar-refractivity contribution >= 4 is 0 Å². The third-order valence-corrected chi connectivity index (χ3v) is 3.37. The molecule has 1 aliphatic rings. The fourth-order valence-electron chi connectivity index (χ4n) is 2.48. The van der Waals surface area contributed by atoms with E-state index in [0.29, 0.717) is 5.92 Å². The van der Waals surface area contributed by atoms with Crippen molar-refractivity contribution in [2.75, 3.05) is 13.1 Å². The number of H-pyrrole nitrogens is 1. The van der Waals surface area contributed by atoms with Crippen molar-refractivity contribution in [3.63, 3.8) is 0 Å². The van der Waals surface area contributed by atoms with Gasteiger partial charge in [-0.1, -0.05) is 18.2 Å². The molecule has 3 rings (SSSR count). The molecule has 0 aliphatic carbocycles. The zero-order chi connectivity index (χ0) is 12.4. The zero-order valence-corrected chi connectivity index (χ0v) is 10.1. The second-order valence-electron chi connectivity index (χ2n) is 4.60. The smallest absolute Gasteiger partial charge is 0.316 e. The van der Waals surface area contributed by atoms with Gasteiger partial charge in [-0.05, 0) is 31.5 Å². The van der Waals surface area contributed by atoms with Gasteiger partial charge in [0.15, 0.2) is 0 Å². The van der Waals surface area contributed by atoms with E-state index in [1.54, 1.807) is 4.57 Å². The van der Waals surface area contributed by atoms with Crippen molar-refractivity contribution < 1.29 is 0 Å². The molecule has 5 heteroatoms. The van der Waals surface area contributed by atoms with Gasteiger partial charge in [0.2, 0.25) is 0 Å². The summed E-state index contributed by atoms with van der Waals surface area (Å²) in [6, 6.07) is 9.65. The Bertz CT molecular complexity index is 566. The van der Waals surface area contributed by atoms with Crippen LogP contribution in [0.3, 0.4) is 0 Å². The lowest BCUT2D eigenvalue weighted by atomic mass is 9.99. The number of para-hydroxylation sites is 1. The van der Waals surface area contributed by atoms with Gasteiger partial charge in [-0.25, -0.2) is 14.5 Å². The van der Waals surface area contributed by atoms with Gasteiger partial charge in [0.1, 0.15) is 5.82 Å². The molecule has 0 radical (unpaired) electrons. The Kier molecular flexibility index (Phi) is 2.98. The second kappa shape index (κ2) is 4.78. The van der Waals surface area contributed by atoms with E-state index in [2.05, 4.69) is 15.5 Å². The van der Waals surface area contributed by atoms with E-state index in [-0.39, 0.29) is 5.69 Å². The number of nitrogens with one attached hydrogen (secondary N) is 2. The summed E-state index contributed by atoms with van der Waals surface area (Å²) < 4.78 is 1.68. The minimum absolute atomic E-state index is 0.165. The monoisotopic (exact) mass is 244 g/mol. The summed E-state index contributed by atoms with van der Waals surface area (Å²) in [7, 11) is 0. The average molecular weight is 244 g/mol. The van der Waals surface area contributed by atoms with E-state index in [4.69, 9.17) is 0 Å². The van der Waals surface area contributed by atoms with Gasteiger partial charge in [0, 0.05) is 12.5 Å². The summed E-state index contributed by atoms with van der Waals surface area (Å²) >= 11 is 0. The van der Waals surface area contributed by atoms with Gasteiger partial charge >= 0.3 is 5.69 Å². The molecule has 1 fully saturated rings. The van der Waals surface area contributed by atoms with Gasteiger partial charge in [-0.15, -0.1) is 0 Å². The zero-order valence-electron chi connectivity index (χ0n) is 10.1. The lowest BCUT2D eigenvalue weighted by Gasteiger charge is -2.22. The van der Waals surface area contributed by atoms with Crippen LogP contribution in [0.15, 0.2) is 35.1 Å². The summed E-state index contributed by atoms with van der Waals surface area (Å²) in [5, 5.41) is 10.1. The maximum Gasteiger partial charge on any atom is 0.347 e. The Morgan fingerprint density at radius 3 is 2.83 bits per heavy atom. The summed E-state index contributed by atoms with van der Waals surface area (Å²) in [4.78, 5) is 11.9. The highest BCUT2D eigenvalue weighted by atomic mass is 16.1. The van der Waals surface area contributed by atoms with E-state index in [1.165, 1.54) is 0 Å². The second-order valence-corrected chi connectivity index (χ2v) is 4.60. The highest BCUT2D eigenvalue weighted by Gasteiger charge is 2.22. The summed E-state index contributed by atoms with van der Waals surface area (Å²) in [6.45, 7) is 1.94. The normalized spacial score (nSPS) is 19.9. The maximum atomic E-state index is 11.9. The molecule has 0 spiro atoms. The van der Waals surface area contributed by atoms with Crippen LogP contribution in [0.5, 0.6) is 0 Å².